The lowest BCUT2D eigenvalue weighted by atomic mass is 10.1. The molecule has 2 aromatic carbocycles. The van der Waals surface area contributed by atoms with Gasteiger partial charge in [-0.15, -0.1) is 0 Å². The maximum atomic E-state index is 12.5. The largest absolute Gasteiger partial charge is 0.491 e. The molecule has 3 rings (SSSR count). The van der Waals surface area contributed by atoms with Gasteiger partial charge in [-0.3, -0.25) is 4.79 Å². The quantitative estimate of drug-likeness (QED) is 0.582. The van der Waals surface area contributed by atoms with Crippen molar-refractivity contribution in [3.05, 3.63) is 64.0 Å². The van der Waals surface area contributed by atoms with Crippen molar-refractivity contribution in [2.24, 2.45) is 0 Å². The number of nitrogens with zero attached hydrogens (tertiary/aromatic N) is 2. The third-order valence-corrected chi connectivity index (χ3v) is 3.92. The van der Waals surface area contributed by atoms with Crippen LogP contribution in [0.3, 0.4) is 0 Å². The predicted octanol–water partition coefficient (Wildman–Crippen LogP) is 5.06. The first kappa shape index (κ1) is 17.5. The molecule has 0 fully saturated rings. The summed E-state index contributed by atoms with van der Waals surface area (Å²) in [5.41, 5.74) is 0.839. The molecule has 0 amide bonds. The molecule has 5 nitrogen and oxygen atoms in total. The van der Waals surface area contributed by atoms with Crippen molar-refractivity contribution < 1.29 is 14.1 Å². The Hall–Kier alpha value is -2.37. The highest BCUT2D eigenvalue weighted by Gasteiger charge is 2.20. The number of hydrogen-bond acceptors (Lipinski definition) is 5. The van der Waals surface area contributed by atoms with Crippen molar-refractivity contribution >= 4 is 29.0 Å². The first-order valence-electron chi connectivity index (χ1n) is 7.55. The third kappa shape index (κ3) is 3.83. The first-order valence-corrected chi connectivity index (χ1v) is 8.31. The maximum Gasteiger partial charge on any atom is 0.299 e. The molecule has 3 aromatic rings. The minimum atomic E-state index is -0.391. The number of halogens is 2. The summed E-state index contributed by atoms with van der Waals surface area (Å²) in [6.07, 6.45) is 0.0559. The zero-order chi connectivity index (χ0) is 18.0. The molecular weight excluding hydrogens is 363 g/mol. The lowest BCUT2D eigenvalue weighted by molar-refractivity contribution is 0.0994. The molecular formula is C18H14Cl2N2O3. The van der Waals surface area contributed by atoms with Crippen LogP contribution in [0.5, 0.6) is 5.75 Å². The van der Waals surface area contributed by atoms with E-state index >= 15 is 0 Å². The number of hydrogen-bond donors (Lipinski definition) is 0. The van der Waals surface area contributed by atoms with Crippen LogP contribution in [0.1, 0.15) is 30.1 Å². The van der Waals surface area contributed by atoms with Gasteiger partial charge in [0.1, 0.15) is 5.75 Å². The first-order chi connectivity index (χ1) is 12.0. The van der Waals surface area contributed by atoms with E-state index in [-0.39, 0.29) is 17.8 Å². The summed E-state index contributed by atoms with van der Waals surface area (Å²) in [7, 11) is 0. The van der Waals surface area contributed by atoms with E-state index in [0.717, 1.165) is 0 Å². The van der Waals surface area contributed by atoms with E-state index < -0.39 is 5.78 Å². The molecule has 0 saturated heterocycles. The Morgan fingerprint density at radius 2 is 1.72 bits per heavy atom. The second kappa shape index (κ2) is 7.25. The summed E-state index contributed by atoms with van der Waals surface area (Å²) in [5, 5.41) is 4.57. The highest BCUT2D eigenvalue weighted by atomic mass is 35.5. The molecule has 0 atom stereocenters. The topological polar surface area (TPSA) is 65.2 Å². The van der Waals surface area contributed by atoms with Gasteiger partial charge >= 0.3 is 0 Å². The Morgan fingerprint density at radius 1 is 1.08 bits per heavy atom. The monoisotopic (exact) mass is 376 g/mol. The number of aromatic nitrogens is 2. The van der Waals surface area contributed by atoms with Crippen LogP contribution in [0, 0.1) is 0 Å². The van der Waals surface area contributed by atoms with Crippen LogP contribution in [-0.2, 0) is 0 Å². The number of ketones is 1. The van der Waals surface area contributed by atoms with E-state index in [0.29, 0.717) is 26.9 Å². The van der Waals surface area contributed by atoms with Crippen LogP contribution in [-0.4, -0.2) is 22.0 Å². The highest BCUT2D eigenvalue weighted by Crippen LogP contribution is 2.32. The summed E-state index contributed by atoms with van der Waals surface area (Å²) < 4.78 is 10.6. The van der Waals surface area contributed by atoms with E-state index in [9.17, 15) is 4.79 Å². The van der Waals surface area contributed by atoms with Gasteiger partial charge in [0, 0.05) is 5.56 Å². The molecule has 7 heteroatoms. The number of carbonyl (C=O) groups excluding carboxylic acids is 1. The van der Waals surface area contributed by atoms with E-state index in [4.69, 9.17) is 32.5 Å². The zero-order valence-electron chi connectivity index (χ0n) is 13.5. The molecule has 0 aliphatic carbocycles. The van der Waals surface area contributed by atoms with Gasteiger partial charge < -0.3 is 9.26 Å². The molecule has 0 spiro atoms. The predicted molar refractivity (Wildman–Crippen MR) is 95.4 cm³/mol. The molecule has 0 saturated carbocycles. The van der Waals surface area contributed by atoms with Crippen LogP contribution in [0.25, 0.3) is 11.4 Å². The summed E-state index contributed by atoms with van der Waals surface area (Å²) in [5.74, 6) is 0.320. The molecule has 0 unspecified atom stereocenters. The lowest BCUT2D eigenvalue weighted by Gasteiger charge is -2.09. The SMILES string of the molecule is CC(C)Oc1ccc(C(=O)c2nc(-c3c(Cl)cccc3Cl)no2)cc1. The van der Waals surface area contributed by atoms with Crippen LogP contribution in [0.2, 0.25) is 10.0 Å². The van der Waals surface area contributed by atoms with Gasteiger partial charge in [-0.2, -0.15) is 4.98 Å². The Bertz CT molecular complexity index is 885. The minimum absolute atomic E-state index is 0.0559. The van der Waals surface area contributed by atoms with E-state index in [1.807, 2.05) is 13.8 Å². The van der Waals surface area contributed by atoms with Crippen molar-refractivity contribution in [1.29, 1.82) is 0 Å². The molecule has 0 aliphatic heterocycles. The fourth-order valence-electron chi connectivity index (χ4n) is 2.21. The molecule has 1 aromatic heterocycles. The van der Waals surface area contributed by atoms with Gasteiger partial charge in [0.05, 0.1) is 21.7 Å². The van der Waals surface area contributed by atoms with Crippen molar-refractivity contribution in [3.8, 4) is 17.1 Å². The number of benzene rings is 2. The molecule has 128 valence electrons. The smallest absolute Gasteiger partial charge is 0.299 e. The molecule has 0 N–H and O–H groups in total. The second-order valence-corrected chi connectivity index (χ2v) is 6.35. The van der Waals surface area contributed by atoms with Crippen LogP contribution >= 0.6 is 23.2 Å². The average molecular weight is 377 g/mol. The molecule has 0 bridgehead atoms. The van der Waals surface area contributed by atoms with Gasteiger partial charge in [0.15, 0.2) is 0 Å². The summed E-state index contributed by atoms with van der Waals surface area (Å²) in [6.45, 7) is 3.86. The normalized spacial score (nSPS) is 10.9. The summed E-state index contributed by atoms with van der Waals surface area (Å²) in [6, 6.07) is 11.8. The second-order valence-electron chi connectivity index (χ2n) is 5.54. The Balaban J connectivity index is 1.86. The van der Waals surface area contributed by atoms with E-state index in [2.05, 4.69) is 10.1 Å². The summed E-state index contributed by atoms with van der Waals surface area (Å²) >= 11 is 12.2. The highest BCUT2D eigenvalue weighted by molar-refractivity contribution is 6.39. The van der Waals surface area contributed by atoms with Gasteiger partial charge in [0.2, 0.25) is 5.82 Å². The minimum Gasteiger partial charge on any atom is -0.491 e. The van der Waals surface area contributed by atoms with Gasteiger partial charge in [0.25, 0.3) is 11.7 Å². The van der Waals surface area contributed by atoms with Gasteiger partial charge in [-0.05, 0) is 50.2 Å². The van der Waals surface area contributed by atoms with Crippen molar-refractivity contribution in [2.45, 2.75) is 20.0 Å². The average Bonchev–Trinajstić information content (AvgIpc) is 3.04. The Labute approximate surface area is 154 Å². The van der Waals surface area contributed by atoms with Gasteiger partial charge in [-0.1, -0.05) is 34.4 Å². The van der Waals surface area contributed by atoms with E-state index in [1.54, 1.807) is 42.5 Å². The molecule has 1 heterocycles. The maximum absolute atomic E-state index is 12.5. The standard InChI is InChI=1S/C18H14Cl2N2O3/c1-10(2)24-12-8-6-11(7-9-12)16(23)18-21-17(22-25-18)15-13(19)4-3-5-14(15)20/h3-10H,1-2H3. The zero-order valence-corrected chi connectivity index (χ0v) is 15.0. The Kier molecular flexibility index (Phi) is 5.06. The van der Waals surface area contributed by atoms with Crippen LogP contribution in [0.15, 0.2) is 47.0 Å². The fourth-order valence-corrected chi connectivity index (χ4v) is 2.78. The van der Waals surface area contributed by atoms with Crippen LogP contribution in [0.4, 0.5) is 0 Å². The fraction of sp³-hybridized carbons (Fsp3) is 0.167. The summed E-state index contributed by atoms with van der Waals surface area (Å²) in [4.78, 5) is 16.6. The number of rotatable bonds is 5. The van der Waals surface area contributed by atoms with E-state index in [1.165, 1.54) is 0 Å². The van der Waals surface area contributed by atoms with Crippen LogP contribution < -0.4 is 4.74 Å². The van der Waals surface area contributed by atoms with Crippen molar-refractivity contribution in [3.63, 3.8) is 0 Å². The Morgan fingerprint density at radius 3 is 2.32 bits per heavy atom. The molecule has 25 heavy (non-hydrogen) atoms. The third-order valence-electron chi connectivity index (χ3n) is 3.29. The lowest BCUT2D eigenvalue weighted by Crippen LogP contribution is -2.06. The van der Waals surface area contributed by atoms with Crippen molar-refractivity contribution in [2.75, 3.05) is 0 Å². The number of ether oxygens (including phenoxy) is 1. The number of carbonyl (C=O) groups is 1. The molecule has 0 radical (unpaired) electrons. The molecule has 0 aliphatic rings. The van der Waals surface area contributed by atoms with Crippen molar-refractivity contribution in [1.82, 2.24) is 10.1 Å². The van der Waals surface area contributed by atoms with Gasteiger partial charge in [-0.25, -0.2) is 0 Å².